The van der Waals surface area contributed by atoms with Crippen molar-refractivity contribution in [2.24, 2.45) is 0 Å². The van der Waals surface area contributed by atoms with E-state index < -0.39 is 0 Å². The molecule has 0 aliphatic carbocycles. The third-order valence-electron chi connectivity index (χ3n) is 6.44. The van der Waals surface area contributed by atoms with E-state index in [2.05, 4.69) is 24.4 Å². The Morgan fingerprint density at radius 1 is 0.667 bits per heavy atom. The number of carbonyl (C=O) groups excluding carboxylic acids is 1. The second-order valence-electron chi connectivity index (χ2n) is 9.45. The average Bonchev–Trinajstić information content (AvgIpc) is 2.84. The molecule has 0 unspecified atom stereocenters. The van der Waals surface area contributed by atoms with Crippen molar-refractivity contribution in [3.05, 3.63) is 42.5 Å². The SMILES string of the molecule is CCCCCCCCCCCCCCCCCCNC(=O)COc1ccc2ccccc2c1. The van der Waals surface area contributed by atoms with Gasteiger partial charge in [0.15, 0.2) is 6.61 Å². The molecule has 0 aliphatic heterocycles. The summed E-state index contributed by atoms with van der Waals surface area (Å²) in [5.41, 5.74) is 0. The number of benzene rings is 2. The van der Waals surface area contributed by atoms with Crippen LogP contribution < -0.4 is 10.1 Å². The molecule has 0 fully saturated rings. The Morgan fingerprint density at radius 3 is 1.76 bits per heavy atom. The number of unbranched alkanes of at least 4 members (excludes halogenated alkanes) is 15. The third kappa shape index (κ3) is 13.3. The Labute approximate surface area is 202 Å². The van der Waals surface area contributed by atoms with Gasteiger partial charge in [-0.25, -0.2) is 0 Å². The number of carbonyl (C=O) groups is 1. The van der Waals surface area contributed by atoms with Crippen molar-refractivity contribution >= 4 is 16.7 Å². The topological polar surface area (TPSA) is 38.3 Å². The molecule has 0 aliphatic rings. The van der Waals surface area contributed by atoms with Crippen LogP contribution in [0.4, 0.5) is 0 Å². The normalized spacial score (nSPS) is 11.1. The van der Waals surface area contributed by atoms with Crippen molar-refractivity contribution in [2.45, 2.75) is 110 Å². The lowest BCUT2D eigenvalue weighted by Gasteiger charge is -2.08. The summed E-state index contributed by atoms with van der Waals surface area (Å²) in [6.45, 7) is 3.11. The summed E-state index contributed by atoms with van der Waals surface area (Å²) in [5.74, 6) is 0.704. The van der Waals surface area contributed by atoms with Gasteiger partial charge in [0.1, 0.15) is 5.75 Å². The molecule has 184 valence electrons. The Hall–Kier alpha value is -2.03. The molecule has 0 aromatic heterocycles. The molecule has 0 saturated carbocycles. The van der Waals surface area contributed by atoms with E-state index in [9.17, 15) is 4.79 Å². The standard InChI is InChI=1S/C30H47NO2/c1-2-3-4-5-6-7-8-9-10-11-12-13-14-15-16-19-24-31-30(32)26-33-29-23-22-27-20-17-18-21-28(27)25-29/h17-18,20-23,25H,2-16,19,24,26H2,1H3,(H,31,32). The molecule has 0 atom stereocenters. The lowest BCUT2D eigenvalue weighted by Crippen LogP contribution is -2.29. The Morgan fingerprint density at radius 2 is 1.18 bits per heavy atom. The molecule has 0 saturated heterocycles. The summed E-state index contributed by atoms with van der Waals surface area (Å²) in [5, 5.41) is 5.28. The van der Waals surface area contributed by atoms with Gasteiger partial charge in [-0.2, -0.15) is 0 Å². The maximum atomic E-state index is 12.0. The molecule has 0 heterocycles. The molecule has 2 aromatic rings. The molecule has 3 nitrogen and oxygen atoms in total. The van der Waals surface area contributed by atoms with E-state index in [4.69, 9.17) is 4.74 Å². The lowest BCUT2D eigenvalue weighted by atomic mass is 10.0. The van der Waals surface area contributed by atoms with Crippen LogP contribution in [0.15, 0.2) is 42.5 Å². The van der Waals surface area contributed by atoms with Crippen LogP contribution in [0.3, 0.4) is 0 Å². The molecule has 1 amide bonds. The third-order valence-corrected chi connectivity index (χ3v) is 6.44. The number of rotatable bonds is 20. The molecule has 2 aromatic carbocycles. The van der Waals surface area contributed by atoms with E-state index in [1.54, 1.807) is 0 Å². The molecular weight excluding hydrogens is 406 g/mol. The summed E-state index contributed by atoms with van der Waals surface area (Å²) in [7, 11) is 0. The van der Waals surface area contributed by atoms with E-state index in [1.807, 2.05) is 30.3 Å². The zero-order chi connectivity index (χ0) is 23.4. The van der Waals surface area contributed by atoms with Crippen LogP contribution in [-0.2, 0) is 4.79 Å². The molecule has 3 heteroatoms. The van der Waals surface area contributed by atoms with Gasteiger partial charge in [-0.1, -0.05) is 134 Å². The number of nitrogens with one attached hydrogen (secondary N) is 1. The fourth-order valence-corrected chi connectivity index (χ4v) is 4.36. The molecular formula is C30H47NO2. The van der Waals surface area contributed by atoms with Crippen LogP contribution in [-0.4, -0.2) is 19.1 Å². The smallest absolute Gasteiger partial charge is 0.257 e. The molecule has 2 rings (SSSR count). The molecule has 0 spiro atoms. The number of hydrogen-bond acceptors (Lipinski definition) is 2. The minimum absolute atomic E-state index is 0.0379. The van der Waals surface area contributed by atoms with Gasteiger partial charge >= 0.3 is 0 Å². The Kier molecular flexibility index (Phi) is 15.2. The van der Waals surface area contributed by atoms with E-state index in [-0.39, 0.29) is 12.5 Å². The first-order valence-corrected chi connectivity index (χ1v) is 13.7. The van der Waals surface area contributed by atoms with Crippen LogP contribution >= 0.6 is 0 Å². The predicted molar refractivity (Wildman–Crippen MR) is 142 cm³/mol. The highest BCUT2D eigenvalue weighted by molar-refractivity contribution is 5.84. The Bertz CT molecular complexity index is 758. The van der Waals surface area contributed by atoms with Crippen LogP contribution in [0, 0.1) is 0 Å². The van der Waals surface area contributed by atoms with Gasteiger partial charge < -0.3 is 10.1 Å². The highest BCUT2D eigenvalue weighted by Gasteiger charge is 2.03. The quantitative estimate of drug-likeness (QED) is 0.204. The van der Waals surface area contributed by atoms with Crippen LogP contribution in [0.1, 0.15) is 110 Å². The largest absolute Gasteiger partial charge is 0.484 e. The molecule has 33 heavy (non-hydrogen) atoms. The Balaban J connectivity index is 1.33. The lowest BCUT2D eigenvalue weighted by molar-refractivity contribution is -0.123. The van der Waals surface area contributed by atoms with Gasteiger partial charge in [-0.15, -0.1) is 0 Å². The van der Waals surface area contributed by atoms with E-state index in [1.165, 1.54) is 102 Å². The number of hydrogen-bond donors (Lipinski definition) is 1. The maximum absolute atomic E-state index is 12.0. The monoisotopic (exact) mass is 453 g/mol. The highest BCUT2D eigenvalue weighted by Crippen LogP contribution is 2.20. The van der Waals surface area contributed by atoms with Crippen molar-refractivity contribution in [2.75, 3.05) is 13.2 Å². The zero-order valence-corrected chi connectivity index (χ0v) is 21.1. The summed E-state index contributed by atoms with van der Waals surface area (Å²) < 4.78 is 5.65. The molecule has 1 N–H and O–H groups in total. The number of ether oxygens (including phenoxy) is 1. The van der Waals surface area contributed by atoms with Gasteiger partial charge in [0.05, 0.1) is 0 Å². The fraction of sp³-hybridized carbons (Fsp3) is 0.633. The van der Waals surface area contributed by atoms with E-state index in [0.29, 0.717) is 0 Å². The fourth-order valence-electron chi connectivity index (χ4n) is 4.36. The summed E-state index contributed by atoms with van der Waals surface area (Å²) in [4.78, 5) is 12.0. The summed E-state index contributed by atoms with van der Waals surface area (Å²) in [6.07, 6.45) is 21.8. The van der Waals surface area contributed by atoms with Crippen molar-refractivity contribution in [3.8, 4) is 5.75 Å². The zero-order valence-electron chi connectivity index (χ0n) is 21.1. The predicted octanol–water partition coefficient (Wildman–Crippen LogP) is 8.60. The minimum Gasteiger partial charge on any atom is -0.484 e. The number of fused-ring (bicyclic) bond motifs is 1. The van der Waals surface area contributed by atoms with Crippen molar-refractivity contribution in [1.82, 2.24) is 5.32 Å². The highest BCUT2D eigenvalue weighted by atomic mass is 16.5. The van der Waals surface area contributed by atoms with Crippen LogP contribution in [0.2, 0.25) is 0 Å². The van der Waals surface area contributed by atoms with Gasteiger partial charge in [-0.05, 0) is 29.3 Å². The van der Waals surface area contributed by atoms with Gasteiger partial charge in [-0.3, -0.25) is 4.79 Å². The minimum atomic E-state index is -0.0379. The molecule has 0 bridgehead atoms. The average molecular weight is 454 g/mol. The van der Waals surface area contributed by atoms with Crippen LogP contribution in [0.25, 0.3) is 10.8 Å². The van der Waals surface area contributed by atoms with Gasteiger partial charge in [0.25, 0.3) is 5.91 Å². The maximum Gasteiger partial charge on any atom is 0.257 e. The second kappa shape index (κ2) is 18.4. The van der Waals surface area contributed by atoms with Crippen molar-refractivity contribution < 1.29 is 9.53 Å². The van der Waals surface area contributed by atoms with Gasteiger partial charge in [0, 0.05) is 6.54 Å². The molecule has 0 radical (unpaired) electrons. The first kappa shape index (κ1) is 27.2. The number of amides is 1. The van der Waals surface area contributed by atoms with Crippen LogP contribution in [0.5, 0.6) is 5.75 Å². The summed E-state index contributed by atoms with van der Waals surface area (Å²) >= 11 is 0. The summed E-state index contributed by atoms with van der Waals surface area (Å²) in [6, 6.07) is 14.1. The second-order valence-corrected chi connectivity index (χ2v) is 9.45. The van der Waals surface area contributed by atoms with Crippen molar-refractivity contribution in [1.29, 1.82) is 0 Å². The van der Waals surface area contributed by atoms with Crippen molar-refractivity contribution in [3.63, 3.8) is 0 Å². The van der Waals surface area contributed by atoms with E-state index in [0.717, 1.165) is 24.1 Å². The van der Waals surface area contributed by atoms with E-state index >= 15 is 0 Å². The first-order chi connectivity index (χ1) is 16.3. The van der Waals surface area contributed by atoms with Gasteiger partial charge in [0.2, 0.25) is 0 Å². The first-order valence-electron chi connectivity index (χ1n) is 13.7.